The lowest BCUT2D eigenvalue weighted by atomic mass is 10.1. The minimum atomic E-state index is -4.02. The highest BCUT2D eigenvalue weighted by molar-refractivity contribution is 7.92. The highest BCUT2D eigenvalue weighted by Crippen LogP contribution is 2.33. The zero-order chi connectivity index (χ0) is 21.3. The van der Waals surface area contributed by atoms with E-state index >= 15 is 0 Å². The molecule has 0 aliphatic rings. The third-order valence-electron chi connectivity index (χ3n) is 4.35. The number of fused-ring (bicyclic) bond motifs is 1. The Kier molecular flexibility index (Phi) is 5.22. The van der Waals surface area contributed by atoms with E-state index in [0.717, 1.165) is 11.3 Å². The van der Waals surface area contributed by atoms with Crippen molar-refractivity contribution in [1.82, 2.24) is 14.6 Å². The molecule has 0 saturated heterocycles. The summed E-state index contributed by atoms with van der Waals surface area (Å²) in [5.41, 5.74) is 1.56. The van der Waals surface area contributed by atoms with Crippen molar-refractivity contribution < 1.29 is 22.6 Å². The van der Waals surface area contributed by atoms with E-state index in [1.54, 1.807) is 17.7 Å². The molecule has 0 saturated carbocycles. The zero-order valence-electron chi connectivity index (χ0n) is 16.3. The average molecular weight is 447 g/mol. The van der Waals surface area contributed by atoms with Crippen LogP contribution in [-0.4, -0.2) is 44.3 Å². The molecule has 2 aromatic carbocycles. The van der Waals surface area contributed by atoms with E-state index in [-0.39, 0.29) is 16.6 Å². The maximum atomic E-state index is 13.0. The topological polar surface area (TPSA) is 104 Å². The number of ether oxygens (including phenoxy) is 3. The number of nitrogens with one attached hydrogen (secondary N) is 1. The lowest BCUT2D eigenvalue weighted by molar-refractivity contribution is 0.392. The number of aromatic nitrogens is 3. The Morgan fingerprint density at radius 1 is 1.00 bits per heavy atom. The van der Waals surface area contributed by atoms with E-state index < -0.39 is 10.0 Å². The van der Waals surface area contributed by atoms with Crippen molar-refractivity contribution in [3.05, 3.63) is 47.8 Å². The number of benzene rings is 2. The number of anilines is 1. The minimum absolute atomic E-state index is 0.0529. The number of hydrogen-bond acceptors (Lipinski definition) is 8. The second-order valence-electron chi connectivity index (χ2n) is 6.07. The second-order valence-corrected chi connectivity index (χ2v) is 8.56. The van der Waals surface area contributed by atoms with Crippen molar-refractivity contribution in [2.75, 3.05) is 26.1 Å². The molecule has 0 fully saturated rings. The quantitative estimate of drug-likeness (QED) is 0.464. The minimum Gasteiger partial charge on any atom is -0.497 e. The van der Waals surface area contributed by atoms with E-state index in [2.05, 4.69) is 14.8 Å². The summed E-state index contributed by atoms with van der Waals surface area (Å²) in [6.07, 6.45) is 0. The fourth-order valence-corrected chi connectivity index (χ4v) is 4.88. The highest BCUT2D eigenvalue weighted by atomic mass is 32.2. The van der Waals surface area contributed by atoms with Crippen LogP contribution in [0.4, 0.5) is 5.95 Å². The van der Waals surface area contributed by atoms with Gasteiger partial charge in [-0.2, -0.15) is 4.98 Å². The summed E-state index contributed by atoms with van der Waals surface area (Å²) in [6, 6.07) is 12.0. The molecule has 4 aromatic rings. The van der Waals surface area contributed by atoms with Crippen LogP contribution in [0.25, 0.3) is 16.2 Å². The second kappa shape index (κ2) is 7.84. The van der Waals surface area contributed by atoms with Gasteiger partial charge in [-0.15, -0.1) is 16.4 Å². The van der Waals surface area contributed by atoms with Crippen LogP contribution in [0.5, 0.6) is 17.2 Å². The first-order valence-electron chi connectivity index (χ1n) is 8.69. The number of hydrogen-bond donors (Lipinski definition) is 1. The van der Waals surface area contributed by atoms with Gasteiger partial charge in [0.2, 0.25) is 4.96 Å². The Balaban J connectivity index is 1.73. The van der Waals surface area contributed by atoms with Crippen LogP contribution in [0.3, 0.4) is 0 Å². The fourth-order valence-electron chi connectivity index (χ4n) is 2.94. The van der Waals surface area contributed by atoms with Crippen LogP contribution >= 0.6 is 11.3 Å². The molecule has 11 heteroatoms. The first-order chi connectivity index (χ1) is 14.5. The molecule has 2 heterocycles. The van der Waals surface area contributed by atoms with E-state index in [4.69, 9.17) is 14.2 Å². The summed E-state index contributed by atoms with van der Waals surface area (Å²) in [7, 11) is 0.419. The van der Waals surface area contributed by atoms with Gasteiger partial charge in [0.05, 0.1) is 27.0 Å². The molecule has 9 nitrogen and oxygen atoms in total. The smallest absolute Gasteiger partial charge is 0.268 e. The van der Waals surface area contributed by atoms with Gasteiger partial charge in [0, 0.05) is 17.0 Å². The van der Waals surface area contributed by atoms with E-state index in [1.165, 1.54) is 37.7 Å². The van der Waals surface area contributed by atoms with Crippen LogP contribution in [-0.2, 0) is 10.0 Å². The predicted molar refractivity (Wildman–Crippen MR) is 113 cm³/mol. The summed E-state index contributed by atoms with van der Waals surface area (Å²) >= 11 is 1.34. The van der Waals surface area contributed by atoms with Gasteiger partial charge in [0.1, 0.15) is 22.1 Å². The molecule has 1 N–H and O–H groups in total. The maximum Gasteiger partial charge on any atom is 0.268 e. The Morgan fingerprint density at radius 2 is 1.77 bits per heavy atom. The number of nitrogens with zero attached hydrogens (tertiary/aromatic N) is 3. The van der Waals surface area contributed by atoms with Crippen LogP contribution in [0, 0.1) is 0 Å². The van der Waals surface area contributed by atoms with Crippen molar-refractivity contribution >= 4 is 32.3 Å². The Hall–Kier alpha value is -3.31. The third kappa shape index (κ3) is 3.53. The molecular formula is C19H18N4O5S2. The molecule has 2 aromatic heterocycles. The molecule has 0 unspecified atom stereocenters. The van der Waals surface area contributed by atoms with Gasteiger partial charge in [-0.05, 0) is 24.3 Å². The molecule has 0 aliphatic heterocycles. The van der Waals surface area contributed by atoms with Gasteiger partial charge < -0.3 is 14.2 Å². The lowest BCUT2D eigenvalue weighted by Crippen LogP contribution is -2.15. The van der Waals surface area contributed by atoms with Crippen molar-refractivity contribution in [3.8, 4) is 28.5 Å². The molecule has 0 amide bonds. The van der Waals surface area contributed by atoms with Crippen molar-refractivity contribution in [1.29, 1.82) is 0 Å². The van der Waals surface area contributed by atoms with Gasteiger partial charge >= 0.3 is 0 Å². The Labute approximate surface area is 176 Å². The van der Waals surface area contributed by atoms with Gasteiger partial charge in [-0.25, -0.2) is 17.7 Å². The molecule has 4 rings (SSSR count). The summed E-state index contributed by atoms with van der Waals surface area (Å²) in [5.74, 6) is 1.19. The molecule has 0 radical (unpaired) electrons. The average Bonchev–Trinajstić information content (AvgIpc) is 3.32. The highest BCUT2D eigenvalue weighted by Gasteiger charge is 2.23. The van der Waals surface area contributed by atoms with Crippen molar-refractivity contribution in [2.24, 2.45) is 0 Å². The van der Waals surface area contributed by atoms with Crippen LogP contribution in [0.1, 0.15) is 0 Å². The summed E-state index contributed by atoms with van der Waals surface area (Å²) in [4.78, 5) is 4.75. The molecule has 156 valence electrons. The zero-order valence-corrected chi connectivity index (χ0v) is 18.0. The van der Waals surface area contributed by atoms with Gasteiger partial charge in [0.15, 0.2) is 0 Å². The molecular weight excluding hydrogens is 428 g/mol. The summed E-state index contributed by atoms with van der Waals surface area (Å²) < 4.78 is 45.6. The first kappa shape index (κ1) is 20.0. The van der Waals surface area contributed by atoms with E-state index in [1.807, 2.05) is 29.6 Å². The molecule has 0 aliphatic carbocycles. The molecule has 0 atom stereocenters. The Morgan fingerprint density at radius 3 is 2.50 bits per heavy atom. The SMILES string of the molecule is COc1ccc(OC)c(S(=O)(=O)Nc2nc3scc(-c4ccccc4OC)n3n2)c1. The van der Waals surface area contributed by atoms with E-state index in [0.29, 0.717) is 16.5 Å². The fraction of sp³-hybridized carbons (Fsp3) is 0.158. The molecule has 0 bridgehead atoms. The molecule has 30 heavy (non-hydrogen) atoms. The number of para-hydroxylation sites is 1. The number of methoxy groups -OCH3 is 3. The Bertz CT molecular complexity index is 1310. The summed E-state index contributed by atoms with van der Waals surface area (Å²) in [5, 5.41) is 6.22. The number of sulfonamides is 1. The third-order valence-corrected chi connectivity index (χ3v) is 6.52. The van der Waals surface area contributed by atoms with Crippen molar-refractivity contribution in [2.45, 2.75) is 4.90 Å². The standard InChI is InChI=1S/C19H18N4O5S2/c1-26-12-8-9-16(28-3)17(10-12)30(24,25)22-18-20-19-23(21-18)14(11-29-19)13-6-4-5-7-15(13)27-2/h4-11H,1-3H3,(H,21,22). The lowest BCUT2D eigenvalue weighted by Gasteiger charge is -2.11. The number of rotatable bonds is 7. The number of thiazole rings is 1. The van der Waals surface area contributed by atoms with Gasteiger partial charge in [0.25, 0.3) is 16.0 Å². The van der Waals surface area contributed by atoms with Gasteiger partial charge in [-0.3, -0.25) is 0 Å². The van der Waals surface area contributed by atoms with E-state index in [9.17, 15) is 8.42 Å². The monoisotopic (exact) mass is 446 g/mol. The van der Waals surface area contributed by atoms with Crippen molar-refractivity contribution in [3.63, 3.8) is 0 Å². The predicted octanol–water partition coefficient (Wildman–Crippen LogP) is 3.28. The molecule has 0 spiro atoms. The summed E-state index contributed by atoms with van der Waals surface area (Å²) in [6.45, 7) is 0. The normalized spacial score (nSPS) is 11.4. The van der Waals surface area contributed by atoms with Crippen LogP contribution in [0.2, 0.25) is 0 Å². The van der Waals surface area contributed by atoms with Crippen LogP contribution < -0.4 is 18.9 Å². The first-order valence-corrected chi connectivity index (χ1v) is 11.1. The van der Waals surface area contributed by atoms with Crippen LogP contribution in [0.15, 0.2) is 52.7 Å². The van der Waals surface area contributed by atoms with Gasteiger partial charge in [-0.1, -0.05) is 12.1 Å². The largest absolute Gasteiger partial charge is 0.497 e. The maximum absolute atomic E-state index is 13.0.